The predicted molar refractivity (Wildman–Crippen MR) is 102 cm³/mol. The van der Waals surface area contributed by atoms with Crippen LogP contribution >= 0.6 is 11.8 Å². The largest absolute Gasteiger partial charge is 0.378 e. The number of carbonyl (C=O) groups excluding carboxylic acids is 1. The van der Waals surface area contributed by atoms with Gasteiger partial charge in [-0.1, -0.05) is 30.3 Å². The minimum absolute atomic E-state index is 0.00551. The molecule has 1 aliphatic carbocycles. The molecule has 0 amide bonds. The summed E-state index contributed by atoms with van der Waals surface area (Å²) in [6.07, 6.45) is 3.74. The molecule has 2 aromatic rings. The zero-order chi connectivity index (χ0) is 17.9. The van der Waals surface area contributed by atoms with Crippen LogP contribution in [-0.4, -0.2) is 52.1 Å². The van der Waals surface area contributed by atoms with E-state index in [4.69, 9.17) is 4.74 Å². The van der Waals surface area contributed by atoms with Crippen molar-refractivity contribution in [1.82, 2.24) is 14.8 Å². The third kappa shape index (κ3) is 3.64. The maximum absolute atomic E-state index is 12.3. The van der Waals surface area contributed by atoms with Crippen molar-refractivity contribution in [2.75, 3.05) is 31.2 Å². The topological polar surface area (TPSA) is 60.2 Å². The average Bonchev–Trinajstić information content (AvgIpc) is 3.08. The van der Waals surface area contributed by atoms with E-state index in [9.17, 15) is 4.79 Å². The molecule has 0 radical (unpaired) electrons. The first-order chi connectivity index (χ1) is 12.7. The highest BCUT2D eigenvalue weighted by molar-refractivity contribution is 8.00. The molecule has 1 atom stereocenters. The molecule has 0 unspecified atom stereocenters. The molecule has 2 fully saturated rings. The summed E-state index contributed by atoms with van der Waals surface area (Å²) in [4.78, 5) is 14.5. The molecule has 26 heavy (non-hydrogen) atoms. The fourth-order valence-corrected chi connectivity index (χ4v) is 4.67. The van der Waals surface area contributed by atoms with Gasteiger partial charge in [-0.15, -0.1) is 10.2 Å². The number of anilines is 1. The van der Waals surface area contributed by atoms with Gasteiger partial charge in [0.1, 0.15) is 5.78 Å². The molecule has 0 bridgehead atoms. The van der Waals surface area contributed by atoms with Gasteiger partial charge in [0, 0.05) is 19.5 Å². The zero-order valence-corrected chi connectivity index (χ0v) is 15.9. The lowest BCUT2D eigenvalue weighted by molar-refractivity contribution is -0.119. The van der Waals surface area contributed by atoms with Crippen LogP contribution in [0.15, 0.2) is 29.4 Å². The Morgan fingerprint density at radius 3 is 2.81 bits per heavy atom. The Morgan fingerprint density at radius 1 is 1.19 bits per heavy atom. The maximum atomic E-state index is 12.3. The number of benzene rings is 1. The fraction of sp³-hybridized carbons (Fsp3) is 0.526. The zero-order valence-electron chi connectivity index (χ0n) is 15.1. The van der Waals surface area contributed by atoms with Crippen molar-refractivity contribution < 1.29 is 9.53 Å². The molecule has 138 valence electrons. The highest BCUT2D eigenvalue weighted by atomic mass is 32.2. The Kier molecular flexibility index (Phi) is 5.26. The number of hydrogen-bond acceptors (Lipinski definition) is 6. The normalized spacial score (nSPS) is 21.2. The van der Waals surface area contributed by atoms with Crippen LogP contribution in [0.25, 0.3) is 5.69 Å². The molecule has 7 heteroatoms. The first-order valence-electron chi connectivity index (χ1n) is 9.27. The van der Waals surface area contributed by atoms with Gasteiger partial charge < -0.3 is 9.64 Å². The van der Waals surface area contributed by atoms with Crippen molar-refractivity contribution in [2.24, 2.45) is 0 Å². The van der Waals surface area contributed by atoms with E-state index in [-0.39, 0.29) is 5.25 Å². The fourth-order valence-electron chi connectivity index (χ4n) is 3.50. The Bertz CT molecular complexity index is 786. The average molecular weight is 372 g/mol. The number of hydrogen-bond donors (Lipinski definition) is 0. The van der Waals surface area contributed by atoms with Crippen LogP contribution < -0.4 is 4.90 Å². The summed E-state index contributed by atoms with van der Waals surface area (Å²) in [5.74, 6) is 1.18. The van der Waals surface area contributed by atoms with E-state index in [1.807, 2.05) is 6.07 Å². The molecule has 1 aromatic carbocycles. The highest BCUT2D eigenvalue weighted by Crippen LogP contribution is 2.34. The summed E-state index contributed by atoms with van der Waals surface area (Å²) >= 11 is 1.57. The van der Waals surface area contributed by atoms with Crippen LogP contribution in [0.4, 0.5) is 5.95 Å². The lowest BCUT2D eigenvalue weighted by Crippen LogP contribution is -2.38. The molecule has 4 rings (SSSR count). The van der Waals surface area contributed by atoms with Crippen molar-refractivity contribution in [3.05, 3.63) is 29.8 Å². The van der Waals surface area contributed by atoms with Gasteiger partial charge in [0.25, 0.3) is 0 Å². The third-order valence-corrected chi connectivity index (χ3v) is 6.17. The predicted octanol–water partition coefficient (Wildman–Crippen LogP) is 3.02. The molecule has 0 N–H and O–H groups in total. The van der Waals surface area contributed by atoms with Crippen molar-refractivity contribution in [3.8, 4) is 5.69 Å². The number of morpholine rings is 1. The van der Waals surface area contributed by atoms with Crippen molar-refractivity contribution in [3.63, 3.8) is 0 Å². The Labute approximate surface area is 157 Å². The van der Waals surface area contributed by atoms with Crippen LogP contribution in [0, 0.1) is 6.92 Å². The number of thioether (sulfide) groups is 1. The van der Waals surface area contributed by atoms with E-state index < -0.39 is 0 Å². The van der Waals surface area contributed by atoms with E-state index >= 15 is 0 Å². The SMILES string of the molecule is Cc1cccc(-n2c(S[C@@H]3CCCCC3=O)nnc2N2CCOCC2)c1. The number of rotatable bonds is 4. The number of ketones is 1. The van der Waals surface area contributed by atoms with Crippen molar-refractivity contribution >= 4 is 23.5 Å². The molecular formula is C19H24N4O2S. The van der Waals surface area contributed by atoms with Gasteiger partial charge in [-0.2, -0.15) is 0 Å². The van der Waals surface area contributed by atoms with Crippen LogP contribution in [0.1, 0.15) is 31.2 Å². The number of Topliss-reactive ketones (excluding diaryl/α,β-unsaturated/α-hetero) is 1. The van der Waals surface area contributed by atoms with E-state index in [0.717, 1.165) is 49.1 Å². The standard InChI is InChI=1S/C19H24N4O2S/c1-14-5-4-6-15(13-14)23-18(22-9-11-25-12-10-22)20-21-19(23)26-17-8-3-2-7-16(17)24/h4-6,13,17H,2-3,7-12H2,1H3/t17-/m1/s1. The van der Waals surface area contributed by atoms with Crippen LogP contribution in [0.3, 0.4) is 0 Å². The molecule has 1 saturated heterocycles. The molecule has 1 aliphatic heterocycles. The molecule has 1 aromatic heterocycles. The van der Waals surface area contributed by atoms with Gasteiger partial charge in [0.05, 0.1) is 24.2 Å². The third-order valence-electron chi connectivity index (χ3n) is 4.92. The van der Waals surface area contributed by atoms with Gasteiger partial charge in [-0.3, -0.25) is 9.36 Å². The first kappa shape index (κ1) is 17.5. The first-order valence-corrected chi connectivity index (χ1v) is 10.1. The summed E-state index contributed by atoms with van der Waals surface area (Å²) < 4.78 is 7.58. The maximum Gasteiger partial charge on any atom is 0.232 e. The van der Waals surface area contributed by atoms with Crippen LogP contribution in [0.5, 0.6) is 0 Å². The summed E-state index contributed by atoms with van der Waals surface area (Å²) in [6.45, 7) is 5.09. The highest BCUT2D eigenvalue weighted by Gasteiger charge is 2.28. The number of ether oxygens (including phenoxy) is 1. The molecule has 1 saturated carbocycles. The van der Waals surface area contributed by atoms with Gasteiger partial charge in [0.15, 0.2) is 5.16 Å². The van der Waals surface area contributed by atoms with E-state index in [1.165, 1.54) is 5.56 Å². The number of aryl methyl sites for hydroxylation is 1. The van der Waals surface area contributed by atoms with Gasteiger partial charge >= 0.3 is 0 Å². The number of nitrogens with zero attached hydrogens (tertiary/aromatic N) is 4. The molecule has 2 aliphatic rings. The Morgan fingerprint density at radius 2 is 2.04 bits per heavy atom. The van der Waals surface area contributed by atoms with E-state index in [1.54, 1.807) is 11.8 Å². The Hall–Kier alpha value is -1.86. The summed E-state index contributed by atoms with van der Waals surface area (Å²) in [7, 11) is 0. The number of carbonyl (C=O) groups is 1. The smallest absolute Gasteiger partial charge is 0.232 e. The van der Waals surface area contributed by atoms with Gasteiger partial charge in [-0.25, -0.2) is 0 Å². The monoisotopic (exact) mass is 372 g/mol. The van der Waals surface area contributed by atoms with Crippen LogP contribution in [-0.2, 0) is 9.53 Å². The molecular weight excluding hydrogens is 348 g/mol. The second kappa shape index (κ2) is 7.80. The summed E-state index contributed by atoms with van der Waals surface area (Å²) in [5.41, 5.74) is 2.23. The van der Waals surface area contributed by atoms with Crippen molar-refractivity contribution in [1.29, 1.82) is 0 Å². The number of aromatic nitrogens is 3. The minimum Gasteiger partial charge on any atom is -0.378 e. The minimum atomic E-state index is -0.00551. The van der Waals surface area contributed by atoms with Crippen LogP contribution in [0.2, 0.25) is 0 Å². The van der Waals surface area contributed by atoms with Crippen molar-refractivity contribution in [2.45, 2.75) is 43.0 Å². The van der Waals surface area contributed by atoms with Gasteiger partial charge in [0.2, 0.25) is 5.95 Å². The Balaban J connectivity index is 1.71. The second-order valence-corrected chi connectivity index (χ2v) is 8.04. The lowest BCUT2D eigenvalue weighted by Gasteiger charge is -2.28. The summed E-state index contributed by atoms with van der Waals surface area (Å²) in [6, 6.07) is 8.35. The quantitative estimate of drug-likeness (QED) is 0.822. The molecule has 2 heterocycles. The summed E-state index contributed by atoms with van der Waals surface area (Å²) in [5, 5.41) is 9.75. The van der Waals surface area contributed by atoms with Gasteiger partial charge in [-0.05, 0) is 37.5 Å². The van der Waals surface area contributed by atoms with E-state index in [2.05, 4.69) is 44.8 Å². The molecule has 0 spiro atoms. The second-order valence-electron chi connectivity index (χ2n) is 6.87. The lowest BCUT2D eigenvalue weighted by atomic mass is 9.99. The van der Waals surface area contributed by atoms with E-state index in [0.29, 0.717) is 25.4 Å². The molecule has 6 nitrogen and oxygen atoms in total.